The van der Waals surface area contributed by atoms with Crippen molar-refractivity contribution in [2.75, 3.05) is 34.1 Å². The number of rotatable bonds is 10. The average Bonchev–Trinajstić information content (AvgIpc) is 3.70. The molecular weight excluding hydrogens is 558 g/mol. The number of benzene rings is 2. The van der Waals surface area contributed by atoms with Gasteiger partial charge in [0, 0.05) is 18.2 Å². The van der Waals surface area contributed by atoms with E-state index in [9.17, 15) is 14.4 Å². The summed E-state index contributed by atoms with van der Waals surface area (Å²) in [6.07, 6.45) is 3.11. The molecule has 2 aliphatic heterocycles. The maximum Gasteiger partial charge on any atom is 0.502 e. The molecule has 0 saturated carbocycles. The second-order valence-electron chi connectivity index (χ2n) is 9.79. The van der Waals surface area contributed by atoms with Crippen LogP contribution < -0.4 is 14.8 Å². The van der Waals surface area contributed by atoms with Gasteiger partial charge in [-0.05, 0) is 30.2 Å². The standard InChI is InChI=1S/C30H27N5O8/c1-39-22-9-8-18(12-23(22)40-2)10-11-31-26(36)15-34-21-14-25-24(41-17-42-25)13-20(21)29(37)35(30(34)38)16-27-32-28(33-43-27)19-6-4-3-5-7-19/h3-9,12-14,24H,10-11,15-17H2,1-2H3/p+1. The van der Waals surface area contributed by atoms with Gasteiger partial charge in [0.2, 0.25) is 5.82 Å². The number of fused-ring (bicyclic) bond motifs is 2. The van der Waals surface area contributed by atoms with Gasteiger partial charge in [-0.15, -0.1) is 4.90 Å². The number of amides is 4. The number of hydrogen-bond acceptors (Lipinski definition) is 10. The van der Waals surface area contributed by atoms with E-state index in [2.05, 4.69) is 15.5 Å². The van der Waals surface area contributed by atoms with Crippen molar-refractivity contribution < 1.29 is 42.4 Å². The fourth-order valence-electron chi connectivity index (χ4n) is 4.96. The van der Waals surface area contributed by atoms with Gasteiger partial charge in [-0.25, -0.2) is 4.79 Å². The Labute approximate surface area is 246 Å². The lowest BCUT2D eigenvalue weighted by Crippen LogP contribution is -2.53. The van der Waals surface area contributed by atoms with Gasteiger partial charge in [-0.1, -0.05) is 41.6 Å². The van der Waals surface area contributed by atoms with Crippen molar-refractivity contribution in [3.05, 3.63) is 83.5 Å². The number of allylic oxidation sites excluding steroid dienone is 1. The summed E-state index contributed by atoms with van der Waals surface area (Å²) >= 11 is 0. The minimum atomic E-state index is -0.708. The molecule has 4 amide bonds. The van der Waals surface area contributed by atoms with E-state index in [0.717, 1.165) is 16.0 Å². The van der Waals surface area contributed by atoms with Crippen LogP contribution in [0.4, 0.5) is 4.79 Å². The van der Waals surface area contributed by atoms with Gasteiger partial charge in [0.05, 0.1) is 14.2 Å². The van der Waals surface area contributed by atoms with E-state index in [1.807, 2.05) is 42.5 Å². The van der Waals surface area contributed by atoms with Gasteiger partial charge in [0.15, 0.2) is 31.4 Å². The number of methoxy groups -OCH3 is 2. The molecule has 0 bridgehead atoms. The predicted octanol–water partition coefficient (Wildman–Crippen LogP) is 2.23. The summed E-state index contributed by atoms with van der Waals surface area (Å²) in [4.78, 5) is 45.7. The van der Waals surface area contributed by atoms with Gasteiger partial charge >= 0.3 is 11.9 Å². The van der Waals surface area contributed by atoms with Gasteiger partial charge in [-0.3, -0.25) is 4.79 Å². The molecule has 0 spiro atoms. The molecule has 1 atom stereocenters. The van der Waals surface area contributed by atoms with E-state index < -0.39 is 23.9 Å². The SMILES string of the molecule is COc1ccc(CCNC(=O)C[N+]2=C3C=C4OCOC4C=C3C(=O)N(Cc3nc(-c4ccccc4)no3)C2=O)cc1OC. The highest BCUT2D eigenvalue weighted by Crippen LogP contribution is 2.29. The molecule has 2 aromatic carbocycles. The molecule has 3 heterocycles. The fourth-order valence-corrected chi connectivity index (χ4v) is 4.96. The molecule has 3 aliphatic rings. The molecule has 220 valence electrons. The van der Waals surface area contributed by atoms with Crippen LogP contribution in [0.3, 0.4) is 0 Å². The van der Waals surface area contributed by atoms with Crippen molar-refractivity contribution in [1.29, 1.82) is 0 Å². The fraction of sp³-hybridized carbons (Fsp3) is 0.267. The number of nitrogens with zero attached hydrogens (tertiary/aromatic N) is 4. The molecule has 1 fully saturated rings. The second kappa shape index (κ2) is 11.9. The van der Waals surface area contributed by atoms with Gasteiger partial charge < -0.3 is 28.8 Å². The first-order valence-electron chi connectivity index (χ1n) is 13.5. The Morgan fingerprint density at radius 2 is 1.93 bits per heavy atom. The molecule has 1 saturated heterocycles. The Hall–Kier alpha value is -5.30. The van der Waals surface area contributed by atoms with Crippen LogP contribution in [-0.4, -0.2) is 83.4 Å². The zero-order valence-electron chi connectivity index (χ0n) is 23.4. The average molecular weight is 587 g/mol. The minimum absolute atomic E-state index is 0.0142. The van der Waals surface area contributed by atoms with Crippen molar-refractivity contribution >= 4 is 23.6 Å². The van der Waals surface area contributed by atoms with Gasteiger partial charge in [0.25, 0.3) is 11.8 Å². The summed E-state index contributed by atoms with van der Waals surface area (Å²) in [7, 11) is 3.12. The lowest BCUT2D eigenvalue weighted by atomic mass is 9.97. The highest BCUT2D eigenvalue weighted by Gasteiger charge is 2.48. The van der Waals surface area contributed by atoms with E-state index in [1.54, 1.807) is 32.4 Å². The molecule has 1 unspecified atom stereocenters. The number of nitrogens with one attached hydrogen (secondary N) is 1. The third-order valence-corrected chi connectivity index (χ3v) is 7.13. The predicted molar refractivity (Wildman–Crippen MR) is 149 cm³/mol. The van der Waals surface area contributed by atoms with E-state index in [1.165, 1.54) is 4.58 Å². The number of imide groups is 1. The number of carbonyl (C=O) groups excluding carboxylic acids is 3. The van der Waals surface area contributed by atoms with Crippen LogP contribution in [0.15, 0.2) is 76.5 Å². The third kappa shape index (κ3) is 5.62. The van der Waals surface area contributed by atoms with Crippen molar-refractivity contribution in [2.45, 2.75) is 19.1 Å². The van der Waals surface area contributed by atoms with Crippen LogP contribution in [0.2, 0.25) is 0 Å². The Morgan fingerprint density at radius 1 is 1.12 bits per heavy atom. The highest BCUT2D eigenvalue weighted by molar-refractivity contribution is 6.29. The highest BCUT2D eigenvalue weighted by atomic mass is 16.7. The number of carbonyl (C=O) groups is 3. The molecule has 1 N–H and O–H groups in total. The molecule has 13 nitrogen and oxygen atoms in total. The number of urea groups is 1. The van der Waals surface area contributed by atoms with Crippen LogP contribution in [-0.2, 0) is 32.0 Å². The van der Waals surface area contributed by atoms with E-state index >= 15 is 0 Å². The summed E-state index contributed by atoms with van der Waals surface area (Å²) in [6, 6.07) is 14.0. The van der Waals surface area contributed by atoms with E-state index in [4.69, 9.17) is 23.5 Å². The van der Waals surface area contributed by atoms with Crippen molar-refractivity contribution in [3.63, 3.8) is 0 Å². The summed E-state index contributed by atoms with van der Waals surface area (Å²) in [5.74, 6) is 1.05. The zero-order valence-corrected chi connectivity index (χ0v) is 23.4. The molecule has 6 rings (SSSR count). The van der Waals surface area contributed by atoms with Crippen LogP contribution in [0.5, 0.6) is 11.5 Å². The number of hydrogen-bond donors (Lipinski definition) is 1. The molecule has 13 heteroatoms. The van der Waals surface area contributed by atoms with Crippen molar-refractivity contribution in [2.24, 2.45) is 0 Å². The molecule has 0 radical (unpaired) electrons. The minimum Gasteiger partial charge on any atom is -0.493 e. The number of ether oxygens (including phenoxy) is 4. The van der Waals surface area contributed by atoms with E-state index in [0.29, 0.717) is 36.0 Å². The number of aromatic nitrogens is 2. The zero-order chi connectivity index (χ0) is 29.9. The first kappa shape index (κ1) is 27.8. The van der Waals surface area contributed by atoms with E-state index in [-0.39, 0.29) is 37.1 Å². The van der Waals surface area contributed by atoms with Gasteiger partial charge in [0.1, 0.15) is 23.1 Å². The second-order valence-corrected chi connectivity index (χ2v) is 9.79. The monoisotopic (exact) mass is 586 g/mol. The first-order chi connectivity index (χ1) is 20.9. The first-order valence-corrected chi connectivity index (χ1v) is 13.5. The molecule has 1 aromatic heterocycles. The molecule has 43 heavy (non-hydrogen) atoms. The lowest BCUT2D eigenvalue weighted by Gasteiger charge is -2.24. The molecule has 3 aromatic rings. The maximum absolute atomic E-state index is 13.7. The van der Waals surface area contributed by atoms with Crippen LogP contribution >= 0.6 is 0 Å². The summed E-state index contributed by atoms with van der Waals surface area (Å²) < 4.78 is 28.3. The Bertz CT molecular complexity index is 1680. The molecular formula is C30H28N5O8+. The lowest BCUT2D eigenvalue weighted by molar-refractivity contribution is -0.425. The smallest absolute Gasteiger partial charge is 0.493 e. The van der Waals surface area contributed by atoms with Crippen molar-refractivity contribution in [1.82, 2.24) is 20.4 Å². The largest absolute Gasteiger partial charge is 0.502 e. The summed E-state index contributed by atoms with van der Waals surface area (Å²) in [5.41, 5.74) is 2.12. The Morgan fingerprint density at radius 3 is 2.72 bits per heavy atom. The quantitative estimate of drug-likeness (QED) is 0.351. The Kier molecular flexibility index (Phi) is 7.71. The molecule has 1 aliphatic carbocycles. The maximum atomic E-state index is 13.7. The Balaban J connectivity index is 1.20. The third-order valence-electron chi connectivity index (χ3n) is 7.13. The van der Waals surface area contributed by atoms with Crippen LogP contribution in [0.25, 0.3) is 11.4 Å². The normalized spacial score (nSPS) is 17.5. The topological polar surface area (TPSA) is 145 Å². The van der Waals surface area contributed by atoms with Crippen LogP contribution in [0.1, 0.15) is 11.5 Å². The summed E-state index contributed by atoms with van der Waals surface area (Å²) in [6.45, 7) is -0.296. The summed E-state index contributed by atoms with van der Waals surface area (Å²) in [5, 5.41) is 6.83. The van der Waals surface area contributed by atoms with Gasteiger partial charge in [-0.2, -0.15) is 14.4 Å². The van der Waals surface area contributed by atoms with Crippen molar-refractivity contribution in [3.8, 4) is 22.9 Å². The van der Waals surface area contributed by atoms with Crippen LogP contribution in [0, 0.1) is 0 Å².